The highest BCUT2D eigenvalue weighted by molar-refractivity contribution is 5.89. The number of nitrogens with two attached hydrogens (primary N) is 1. The Hall–Kier alpha value is -3.32. The second-order valence-electron chi connectivity index (χ2n) is 11.2. The molecule has 0 bridgehead atoms. The molecule has 6 N–H and O–H groups in total. The van der Waals surface area contributed by atoms with Crippen LogP contribution in [-0.2, 0) is 10.2 Å². The molecular formula is C27H40N8O4. The van der Waals surface area contributed by atoms with Gasteiger partial charge in [0, 0.05) is 18.3 Å². The molecule has 0 saturated carbocycles. The van der Waals surface area contributed by atoms with Crippen LogP contribution >= 0.6 is 0 Å². The fourth-order valence-corrected chi connectivity index (χ4v) is 4.73. The molecule has 1 aromatic carbocycles. The number of benzene rings is 1. The van der Waals surface area contributed by atoms with Crippen LogP contribution in [0.4, 0.5) is 16.3 Å². The Morgan fingerprint density at radius 2 is 1.90 bits per heavy atom. The zero-order valence-electron chi connectivity index (χ0n) is 23.2. The number of nitrogens with zero attached hydrogens (tertiary/aromatic N) is 5. The zero-order chi connectivity index (χ0) is 28.3. The Bertz CT molecular complexity index is 1260. The molecule has 2 amide bonds. The number of hydrogen-bond donors (Lipinski definition) is 5. The summed E-state index contributed by atoms with van der Waals surface area (Å²) in [6.07, 6.45) is 0.534. The number of nitrogen functional groups attached to an aromatic ring is 1. The highest BCUT2D eigenvalue weighted by atomic mass is 16.6. The first-order valence-corrected chi connectivity index (χ1v) is 13.3. The molecule has 12 heteroatoms. The molecule has 39 heavy (non-hydrogen) atoms. The van der Waals surface area contributed by atoms with Crippen LogP contribution in [0.15, 0.2) is 36.9 Å². The normalized spacial score (nSPS) is 22.4. The number of urea groups is 1. The molecule has 0 aliphatic carbocycles. The van der Waals surface area contributed by atoms with Crippen molar-refractivity contribution < 1.29 is 19.7 Å². The predicted molar refractivity (Wildman–Crippen MR) is 149 cm³/mol. The number of aliphatic hydroxyl groups excluding tert-OH is 2. The van der Waals surface area contributed by atoms with Crippen LogP contribution in [0.2, 0.25) is 0 Å². The average Bonchev–Trinajstić information content (AvgIpc) is 3.43. The summed E-state index contributed by atoms with van der Waals surface area (Å²) in [4.78, 5) is 27.0. The van der Waals surface area contributed by atoms with E-state index < -0.39 is 24.5 Å². The van der Waals surface area contributed by atoms with Crippen LogP contribution in [0, 0.1) is 0 Å². The van der Waals surface area contributed by atoms with Crippen molar-refractivity contribution in [3.8, 4) is 0 Å². The number of likely N-dealkylation sites (N-methyl/N-ethyl adjacent to an activating group) is 1. The summed E-state index contributed by atoms with van der Waals surface area (Å²) >= 11 is 0. The predicted octanol–water partition coefficient (Wildman–Crippen LogP) is 2.25. The second-order valence-corrected chi connectivity index (χ2v) is 11.2. The lowest BCUT2D eigenvalue weighted by Crippen LogP contribution is -2.42. The first kappa shape index (κ1) is 28.7. The van der Waals surface area contributed by atoms with Gasteiger partial charge in [-0.2, -0.15) is 0 Å². The molecule has 1 fully saturated rings. The molecule has 5 atom stereocenters. The molecule has 4 rings (SSSR count). The maximum Gasteiger partial charge on any atom is 0.319 e. The number of aliphatic hydroxyl groups is 2. The summed E-state index contributed by atoms with van der Waals surface area (Å²) < 4.78 is 7.61. The number of rotatable bonds is 9. The van der Waals surface area contributed by atoms with Crippen molar-refractivity contribution >= 4 is 28.7 Å². The zero-order valence-corrected chi connectivity index (χ0v) is 23.2. The van der Waals surface area contributed by atoms with Gasteiger partial charge in [0.1, 0.15) is 30.2 Å². The Balaban J connectivity index is 1.27. The minimum Gasteiger partial charge on any atom is -0.387 e. The standard InChI is InChI=1S/C27H40N8O4/c1-6-17(32-26(38)33-18-9-7-16(8-10-18)27(2,3)4)11-12-34(5)13-19-21(36)22(37)25(39-19)35-15-31-20-23(28)29-14-30-24(20)35/h7-10,14-15,17,19,21-22,25,36-37H,6,11-13H2,1-5H3,(H2,28,29,30)(H2,32,33,38)/t17-,19?,21-,22-,25?/m1/s1. The van der Waals surface area contributed by atoms with E-state index >= 15 is 0 Å². The largest absolute Gasteiger partial charge is 0.387 e. The van der Waals surface area contributed by atoms with Crippen molar-refractivity contribution in [3.63, 3.8) is 0 Å². The van der Waals surface area contributed by atoms with E-state index in [9.17, 15) is 15.0 Å². The number of hydrogen-bond acceptors (Lipinski definition) is 9. The van der Waals surface area contributed by atoms with Crippen LogP contribution < -0.4 is 16.4 Å². The number of nitrogens with one attached hydrogen (secondary N) is 2. The van der Waals surface area contributed by atoms with Crippen LogP contribution in [0.1, 0.15) is 52.3 Å². The topological polar surface area (TPSA) is 164 Å². The van der Waals surface area contributed by atoms with Gasteiger partial charge in [0.15, 0.2) is 17.7 Å². The molecule has 3 heterocycles. The number of imidazole rings is 1. The smallest absolute Gasteiger partial charge is 0.319 e. The van der Waals surface area contributed by atoms with E-state index in [4.69, 9.17) is 10.5 Å². The SMILES string of the molecule is CC[C@H](CCN(C)CC1OC(n2cnc3c(N)ncnc32)[C@H](O)[C@@H]1O)NC(=O)Nc1ccc(C(C)(C)C)cc1. The van der Waals surface area contributed by atoms with E-state index in [1.807, 2.05) is 43.1 Å². The lowest BCUT2D eigenvalue weighted by molar-refractivity contribution is -0.0423. The summed E-state index contributed by atoms with van der Waals surface area (Å²) in [5.41, 5.74) is 8.70. The number of carbonyl (C=O) groups is 1. The first-order chi connectivity index (χ1) is 18.5. The van der Waals surface area contributed by atoms with Gasteiger partial charge in [-0.05, 0) is 49.5 Å². The van der Waals surface area contributed by atoms with Crippen molar-refractivity contribution in [1.82, 2.24) is 29.7 Å². The molecule has 0 radical (unpaired) electrons. The van der Waals surface area contributed by atoms with E-state index in [0.717, 1.165) is 12.1 Å². The van der Waals surface area contributed by atoms with Gasteiger partial charge in [0.05, 0.1) is 6.33 Å². The van der Waals surface area contributed by atoms with Gasteiger partial charge in [-0.1, -0.05) is 39.8 Å². The summed E-state index contributed by atoms with van der Waals surface area (Å²) in [7, 11) is 1.92. The quantitative estimate of drug-likeness (QED) is 0.274. The number of fused-ring (bicyclic) bond motifs is 1. The van der Waals surface area contributed by atoms with Gasteiger partial charge in [0.25, 0.3) is 0 Å². The van der Waals surface area contributed by atoms with Crippen molar-refractivity contribution in [2.24, 2.45) is 0 Å². The third-order valence-electron chi connectivity index (χ3n) is 7.19. The molecule has 212 valence electrons. The monoisotopic (exact) mass is 540 g/mol. The van der Waals surface area contributed by atoms with E-state index in [1.54, 1.807) is 4.57 Å². The minimum atomic E-state index is -1.16. The maximum atomic E-state index is 12.6. The van der Waals surface area contributed by atoms with E-state index in [2.05, 4.69) is 46.4 Å². The molecule has 2 unspecified atom stereocenters. The molecule has 3 aromatic rings. The lowest BCUT2D eigenvalue weighted by Gasteiger charge is -2.25. The highest BCUT2D eigenvalue weighted by Gasteiger charge is 2.44. The van der Waals surface area contributed by atoms with Crippen LogP contribution in [-0.4, -0.2) is 85.2 Å². The van der Waals surface area contributed by atoms with E-state index in [0.29, 0.717) is 30.7 Å². The molecular weight excluding hydrogens is 500 g/mol. The van der Waals surface area contributed by atoms with Crippen LogP contribution in [0.5, 0.6) is 0 Å². The fourth-order valence-electron chi connectivity index (χ4n) is 4.73. The van der Waals surface area contributed by atoms with Gasteiger partial charge in [-0.15, -0.1) is 0 Å². The molecule has 1 saturated heterocycles. The molecule has 1 aliphatic heterocycles. The van der Waals surface area contributed by atoms with Gasteiger partial charge in [-0.3, -0.25) is 4.57 Å². The Morgan fingerprint density at radius 3 is 2.56 bits per heavy atom. The van der Waals surface area contributed by atoms with Gasteiger partial charge in [0.2, 0.25) is 0 Å². The number of carbonyl (C=O) groups excluding carboxylic acids is 1. The molecule has 0 spiro atoms. The summed E-state index contributed by atoms with van der Waals surface area (Å²) in [5.74, 6) is 0.231. The summed E-state index contributed by atoms with van der Waals surface area (Å²) in [6, 6.07) is 7.61. The Labute approximate surface area is 228 Å². The van der Waals surface area contributed by atoms with Crippen molar-refractivity contribution in [2.75, 3.05) is 31.2 Å². The second kappa shape index (κ2) is 11.8. The number of aromatic nitrogens is 4. The fraction of sp³-hybridized carbons (Fsp3) is 0.556. The van der Waals surface area contributed by atoms with E-state index in [1.165, 1.54) is 18.2 Å². The number of anilines is 2. The number of ether oxygens (including phenoxy) is 1. The van der Waals surface area contributed by atoms with Crippen LogP contribution in [0.3, 0.4) is 0 Å². The summed E-state index contributed by atoms with van der Waals surface area (Å²) in [6.45, 7) is 9.53. The van der Waals surface area contributed by atoms with Gasteiger partial charge in [-0.25, -0.2) is 19.7 Å². The number of amides is 2. The average molecular weight is 541 g/mol. The lowest BCUT2D eigenvalue weighted by atomic mass is 9.87. The van der Waals surface area contributed by atoms with Crippen LogP contribution in [0.25, 0.3) is 11.2 Å². The Kier molecular flexibility index (Phi) is 8.70. The van der Waals surface area contributed by atoms with Gasteiger partial charge < -0.3 is 36.2 Å². The Morgan fingerprint density at radius 1 is 1.18 bits per heavy atom. The summed E-state index contributed by atoms with van der Waals surface area (Å²) in [5, 5.41) is 27.3. The third kappa shape index (κ3) is 6.64. The van der Waals surface area contributed by atoms with Crippen molar-refractivity contribution in [3.05, 3.63) is 42.5 Å². The third-order valence-corrected chi connectivity index (χ3v) is 7.19. The van der Waals surface area contributed by atoms with Gasteiger partial charge >= 0.3 is 6.03 Å². The first-order valence-electron chi connectivity index (χ1n) is 13.3. The molecule has 2 aromatic heterocycles. The maximum absolute atomic E-state index is 12.6. The minimum absolute atomic E-state index is 0.0310. The van der Waals surface area contributed by atoms with Crippen molar-refractivity contribution in [2.45, 2.75) is 76.5 Å². The van der Waals surface area contributed by atoms with E-state index in [-0.39, 0.29) is 23.3 Å². The van der Waals surface area contributed by atoms with Crippen molar-refractivity contribution in [1.29, 1.82) is 0 Å². The molecule has 1 aliphatic rings. The highest BCUT2D eigenvalue weighted by Crippen LogP contribution is 2.32. The molecule has 12 nitrogen and oxygen atoms in total.